The monoisotopic (exact) mass is 199 g/mol. The summed E-state index contributed by atoms with van der Waals surface area (Å²) in [5.74, 6) is 0.821. The Morgan fingerprint density at radius 1 is 1.27 bits per heavy atom. The van der Waals surface area contributed by atoms with Crippen LogP contribution in [0.3, 0.4) is 0 Å². The molecule has 0 aliphatic heterocycles. The SMILES string of the molecule is Cn1c(-n2ccnc2)nc2cccnc21. The number of hydrogen-bond donors (Lipinski definition) is 0. The largest absolute Gasteiger partial charge is 0.297 e. The standard InChI is InChI=1S/C10H9N5/c1-14-9-8(3-2-4-12-9)13-10(14)15-6-5-11-7-15/h2-7H,1H3. The van der Waals surface area contributed by atoms with Gasteiger partial charge in [-0.05, 0) is 12.1 Å². The molecule has 0 aliphatic rings. The maximum absolute atomic E-state index is 4.48. The third-order valence-corrected chi connectivity index (χ3v) is 2.34. The first-order valence-electron chi connectivity index (χ1n) is 4.62. The molecule has 5 heteroatoms. The van der Waals surface area contributed by atoms with Crippen LogP contribution in [0.25, 0.3) is 17.1 Å². The van der Waals surface area contributed by atoms with Gasteiger partial charge in [-0.1, -0.05) is 0 Å². The van der Waals surface area contributed by atoms with E-state index in [4.69, 9.17) is 0 Å². The Morgan fingerprint density at radius 2 is 2.20 bits per heavy atom. The Morgan fingerprint density at radius 3 is 2.93 bits per heavy atom. The van der Waals surface area contributed by atoms with Crippen LogP contribution in [-0.4, -0.2) is 24.1 Å². The van der Waals surface area contributed by atoms with Gasteiger partial charge in [-0.3, -0.25) is 9.13 Å². The molecule has 0 bridgehead atoms. The molecule has 0 fully saturated rings. The zero-order chi connectivity index (χ0) is 10.3. The second-order valence-electron chi connectivity index (χ2n) is 3.29. The molecule has 3 heterocycles. The van der Waals surface area contributed by atoms with E-state index in [0.29, 0.717) is 0 Å². The predicted molar refractivity (Wildman–Crippen MR) is 55.6 cm³/mol. The maximum atomic E-state index is 4.48. The van der Waals surface area contributed by atoms with Crippen molar-refractivity contribution < 1.29 is 0 Å². The molecule has 3 rings (SSSR count). The lowest BCUT2D eigenvalue weighted by atomic mass is 10.4. The molecule has 0 amide bonds. The smallest absolute Gasteiger partial charge is 0.217 e. The van der Waals surface area contributed by atoms with E-state index in [1.165, 1.54) is 0 Å². The van der Waals surface area contributed by atoms with Gasteiger partial charge in [0.1, 0.15) is 11.8 Å². The van der Waals surface area contributed by atoms with Gasteiger partial charge < -0.3 is 0 Å². The third-order valence-electron chi connectivity index (χ3n) is 2.34. The predicted octanol–water partition coefficient (Wildman–Crippen LogP) is 1.15. The lowest BCUT2D eigenvalue weighted by Crippen LogP contribution is -2.00. The van der Waals surface area contributed by atoms with Crippen molar-refractivity contribution in [2.24, 2.45) is 7.05 Å². The molecular formula is C10H9N5. The van der Waals surface area contributed by atoms with E-state index in [2.05, 4.69) is 15.0 Å². The average molecular weight is 199 g/mol. The topological polar surface area (TPSA) is 48.5 Å². The molecule has 0 aliphatic carbocycles. The van der Waals surface area contributed by atoms with Gasteiger partial charge in [0.15, 0.2) is 5.65 Å². The molecule has 0 saturated heterocycles. The first-order valence-corrected chi connectivity index (χ1v) is 4.62. The fourth-order valence-corrected chi connectivity index (χ4v) is 1.62. The van der Waals surface area contributed by atoms with E-state index in [9.17, 15) is 0 Å². The maximum Gasteiger partial charge on any atom is 0.217 e. The van der Waals surface area contributed by atoms with E-state index < -0.39 is 0 Å². The molecule has 0 saturated carbocycles. The van der Waals surface area contributed by atoms with Gasteiger partial charge in [-0.15, -0.1) is 0 Å². The van der Waals surface area contributed by atoms with E-state index in [-0.39, 0.29) is 0 Å². The average Bonchev–Trinajstić information content (AvgIpc) is 2.87. The minimum atomic E-state index is 0.821. The van der Waals surface area contributed by atoms with Crippen molar-refractivity contribution in [1.82, 2.24) is 24.1 Å². The number of aromatic nitrogens is 5. The van der Waals surface area contributed by atoms with Gasteiger partial charge in [-0.2, -0.15) is 0 Å². The Bertz CT molecular complexity index is 593. The van der Waals surface area contributed by atoms with Gasteiger partial charge in [0.05, 0.1) is 0 Å². The number of rotatable bonds is 1. The molecule has 3 aromatic heterocycles. The highest BCUT2D eigenvalue weighted by Crippen LogP contribution is 2.14. The zero-order valence-corrected chi connectivity index (χ0v) is 8.20. The minimum Gasteiger partial charge on any atom is -0.297 e. The molecule has 3 aromatic rings. The highest BCUT2D eigenvalue weighted by molar-refractivity contribution is 5.72. The van der Waals surface area contributed by atoms with Crippen LogP contribution in [0.5, 0.6) is 0 Å². The summed E-state index contributed by atoms with van der Waals surface area (Å²) in [6.07, 6.45) is 7.08. The van der Waals surface area contributed by atoms with E-state index in [1.54, 1.807) is 18.7 Å². The zero-order valence-electron chi connectivity index (χ0n) is 8.20. The third kappa shape index (κ3) is 1.13. The summed E-state index contributed by atoms with van der Waals surface area (Å²) in [4.78, 5) is 12.8. The van der Waals surface area contributed by atoms with Crippen molar-refractivity contribution in [3.63, 3.8) is 0 Å². The number of nitrogens with zero attached hydrogens (tertiary/aromatic N) is 5. The van der Waals surface area contributed by atoms with Gasteiger partial charge >= 0.3 is 0 Å². The van der Waals surface area contributed by atoms with E-state index >= 15 is 0 Å². The van der Waals surface area contributed by atoms with Crippen LogP contribution < -0.4 is 0 Å². The summed E-state index contributed by atoms with van der Waals surface area (Å²) in [7, 11) is 1.94. The first kappa shape index (κ1) is 8.16. The first-order chi connectivity index (χ1) is 7.36. The Hall–Kier alpha value is -2.17. The number of aryl methyl sites for hydroxylation is 1. The number of fused-ring (bicyclic) bond motifs is 1. The van der Waals surface area contributed by atoms with E-state index in [0.717, 1.165) is 17.1 Å². The summed E-state index contributed by atoms with van der Waals surface area (Å²) in [5.41, 5.74) is 1.77. The molecule has 0 radical (unpaired) electrons. The Balaban J connectivity index is 2.33. The van der Waals surface area contributed by atoms with Gasteiger partial charge in [0.2, 0.25) is 5.95 Å². The van der Waals surface area contributed by atoms with Crippen molar-refractivity contribution >= 4 is 11.2 Å². The molecule has 0 spiro atoms. The van der Waals surface area contributed by atoms with Crippen molar-refractivity contribution in [1.29, 1.82) is 0 Å². The summed E-state index contributed by atoms with van der Waals surface area (Å²) >= 11 is 0. The second kappa shape index (κ2) is 2.91. The summed E-state index contributed by atoms with van der Waals surface area (Å²) < 4.78 is 3.80. The van der Waals surface area contributed by atoms with Crippen LogP contribution in [-0.2, 0) is 7.05 Å². The molecule has 0 N–H and O–H groups in total. The van der Waals surface area contributed by atoms with Gasteiger partial charge in [0.25, 0.3) is 0 Å². The molecule has 15 heavy (non-hydrogen) atoms. The van der Waals surface area contributed by atoms with Crippen LogP contribution in [0, 0.1) is 0 Å². The fourth-order valence-electron chi connectivity index (χ4n) is 1.62. The van der Waals surface area contributed by atoms with Crippen molar-refractivity contribution in [3.05, 3.63) is 37.1 Å². The molecular weight excluding hydrogens is 190 g/mol. The van der Waals surface area contributed by atoms with Crippen LogP contribution in [0.2, 0.25) is 0 Å². The lowest BCUT2D eigenvalue weighted by Gasteiger charge is -2.00. The normalized spacial score (nSPS) is 11.0. The molecule has 74 valence electrons. The highest BCUT2D eigenvalue weighted by atomic mass is 15.3. The number of imidazole rings is 2. The summed E-state index contributed by atoms with van der Waals surface area (Å²) in [5, 5.41) is 0. The Kier molecular flexibility index (Phi) is 1.58. The van der Waals surface area contributed by atoms with Crippen molar-refractivity contribution in [2.45, 2.75) is 0 Å². The minimum absolute atomic E-state index is 0.821. The number of hydrogen-bond acceptors (Lipinski definition) is 3. The van der Waals surface area contributed by atoms with Gasteiger partial charge in [-0.25, -0.2) is 15.0 Å². The fraction of sp³-hybridized carbons (Fsp3) is 0.100. The lowest BCUT2D eigenvalue weighted by molar-refractivity contribution is 0.829. The van der Waals surface area contributed by atoms with Gasteiger partial charge in [0, 0.05) is 25.6 Å². The summed E-state index contributed by atoms with van der Waals surface area (Å²) in [6, 6.07) is 3.83. The molecule has 0 atom stereocenters. The van der Waals surface area contributed by atoms with Crippen molar-refractivity contribution in [3.8, 4) is 5.95 Å². The van der Waals surface area contributed by atoms with Crippen LogP contribution in [0.1, 0.15) is 0 Å². The summed E-state index contributed by atoms with van der Waals surface area (Å²) in [6.45, 7) is 0. The van der Waals surface area contributed by atoms with E-state index in [1.807, 2.05) is 34.5 Å². The highest BCUT2D eigenvalue weighted by Gasteiger charge is 2.08. The van der Waals surface area contributed by atoms with Crippen LogP contribution in [0.4, 0.5) is 0 Å². The quantitative estimate of drug-likeness (QED) is 0.590. The van der Waals surface area contributed by atoms with Crippen molar-refractivity contribution in [2.75, 3.05) is 0 Å². The Labute approximate surface area is 86.0 Å². The number of pyridine rings is 1. The molecule has 0 aromatic carbocycles. The van der Waals surface area contributed by atoms with Crippen LogP contribution >= 0.6 is 0 Å². The second-order valence-corrected chi connectivity index (χ2v) is 3.29. The molecule has 0 unspecified atom stereocenters. The molecule has 5 nitrogen and oxygen atoms in total. The van der Waals surface area contributed by atoms with Crippen LogP contribution in [0.15, 0.2) is 37.1 Å².